The maximum Gasteiger partial charge on any atom is 0.0977 e. The Bertz CT molecular complexity index is 686. The lowest BCUT2D eigenvalue weighted by atomic mass is 9.99. The maximum absolute atomic E-state index is 15.1. The Morgan fingerprint density at radius 1 is 0.500 bits per heavy atom. The van der Waals surface area contributed by atoms with Gasteiger partial charge in [0.25, 0.3) is 0 Å². The predicted octanol–water partition coefficient (Wildman–Crippen LogP) is 8.77. The van der Waals surface area contributed by atoms with Gasteiger partial charge in [-0.25, -0.2) is 0 Å². The largest absolute Gasteiger partial charge is 0.323 e. The summed E-state index contributed by atoms with van der Waals surface area (Å²) < 4.78 is 30.1. The Balaban J connectivity index is 1.33. The van der Waals surface area contributed by atoms with Crippen LogP contribution in [0.4, 0.5) is 0 Å². The predicted molar refractivity (Wildman–Crippen MR) is 148 cm³/mol. The van der Waals surface area contributed by atoms with Crippen LogP contribution in [0.2, 0.25) is 0 Å². The van der Waals surface area contributed by atoms with Crippen LogP contribution in [0.3, 0.4) is 0 Å². The Labute approximate surface area is 210 Å². The van der Waals surface area contributed by atoms with Gasteiger partial charge in [0, 0.05) is 47.0 Å². The summed E-state index contributed by atoms with van der Waals surface area (Å²) in [6, 6.07) is 0.361. The van der Waals surface area contributed by atoms with Crippen LogP contribution in [0, 0.1) is 0 Å². The van der Waals surface area contributed by atoms with Crippen molar-refractivity contribution in [2.75, 3.05) is 12.7 Å². The van der Waals surface area contributed by atoms with Crippen LogP contribution in [0.5, 0.6) is 0 Å². The van der Waals surface area contributed by atoms with Gasteiger partial charge >= 0.3 is 0 Å². The van der Waals surface area contributed by atoms with E-state index in [-0.39, 0.29) is 0 Å². The smallest absolute Gasteiger partial charge is 0.0977 e. The summed E-state index contributed by atoms with van der Waals surface area (Å²) in [6.45, 7) is 0.949. The highest BCUT2D eigenvalue weighted by Crippen LogP contribution is 2.68. The number of nitrogens with one attached hydrogen (secondary N) is 1. The lowest BCUT2D eigenvalue weighted by Crippen LogP contribution is -2.33. The van der Waals surface area contributed by atoms with E-state index in [1.165, 1.54) is 128 Å². The van der Waals surface area contributed by atoms with E-state index in [9.17, 15) is 4.57 Å². The summed E-state index contributed by atoms with van der Waals surface area (Å²) in [6.07, 6.45) is 27.5. The third-order valence-electron chi connectivity index (χ3n) is 11.0. The van der Waals surface area contributed by atoms with Gasteiger partial charge in [-0.2, -0.15) is 0 Å². The highest BCUT2D eigenvalue weighted by molar-refractivity contribution is 7.66. The van der Waals surface area contributed by atoms with Crippen molar-refractivity contribution in [1.82, 2.24) is 5.32 Å². The molecule has 1 saturated heterocycles. The van der Waals surface area contributed by atoms with Crippen molar-refractivity contribution in [3.63, 3.8) is 0 Å². The molecule has 34 heavy (non-hydrogen) atoms. The van der Waals surface area contributed by atoms with Crippen LogP contribution in [0.1, 0.15) is 135 Å². The molecule has 0 amide bonds. The van der Waals surface area contributed by atoms with Crippen molar-refractivity contribution in [1.29, 1.82) is 0 Å². The normalized spacial score (nSPS) is 32.2. The molecule has 2 atom stereocenters. The van der Waals surface area contributed by atoms with Crippen LogP contribution in [0.15, 0.2) is 0 Å². The van der Waals surface area contributed by atoms with Gasteiger partial charge in [0.05, 0.1) is 14.3 Å². The highest BCUT2D eigenvalue weighted by atomic mass is 31.2. The second kappa shape index (κ2) is 11.9. The molecule has 4 saturated carbocycles. The molecule has 0 aromatic heterocycles. The summed E-state index contributed by atoms with van der Waals surface area (Å²) in [4.78, 5) is 0. The number of hydrogen-bond donors (Lipinski definition) is 1. The van der Waals surface area contributed by atoms with Crippen molar-refractivity contribution in [2.45, 2.75) is 169 Å². The van der Waals surface area contributed by atoms with E-state index in [1.807, 2.05) is 0 Å². The molecule has 0 unspecified atom stereocenters. The van der Waals surface area contributed by atoms with Gasteiger partial charge < -0.3 is 14.4 Å². The summed E-state index contributed by atoms with van der Waals surface area (Å²) in [5.41, 5.74) is 2.36. The molecule has 0 aromatic rings. The van der Waals surface area contributed by atoms with E-state index < -0.39 is 14.3 Å². The van der Waals surface area contributed by atoms with Crippen LogP contribution in [-0.4, -0.2) is 47.0 Å². The summed E-state index contributed by atoms with van der Waals surface area (Å²) in [7, 11) is -4.45. The third-order valence-corrected chi connectivity index (χ3v) is 20.3. The zero-order valence-electron chi connectivity index (χ0n) is 21.9. The Morgan fingerprint density at radius 3 is 1.29 bits per heavy atom. The average Bonchev–Trinajstić information content (AvgIpc) is 3.39. The molecule has 0 aromatic carbocycles. The SMILES string of the molecule is O=P(C[C@@H]1C[C@H](P(=O)(C2CCCCC2)C2CCCCC2)CN1)(C1CCCCC1)C1CCCCC1. The fourth-order valence-corrected chi connectivity index (χ4v) is 18.8. The van der Waals surface area contributed by atoms with Gasteiger partial charge in [0.2, 0.25) is 0 Å². The van der Waals surface area contributed by atoms with E-state index in [0.29, 0.717) is 34.3 Å². The van der Waals surface area contributed by atoms with E-state index in [1.54, 1.807) is 0 Å². The molecule has 0 bridgehead atoms. The van der Waals surface area contributed by atoms with Crippen molar-refractivity contribution in [3.8, 4) is 0 Å². The van der Waals surface area contributed by atoms with E-state index in [0.717, 1.165) is 19.1 Å². The van der Waals surface area contributed by atoms with Gasteiger partial charge in [-0.15, -0.1) is 0 Å². The lowest BCUT2D eigenvalue weighted by molar-refractivity contribution is 0.439. The quantitative estimate of drug-likeness (QED) is 0.349. The molecule has 0 spiro atoms. The number of rotatable bonds is 7. The van der Waals surface area contributed by atoms with Crippen molar-refractivity contribution in [3.05, 3.63) is 0 Å². The molecule has 5 fully saturated rings. The average molecular weight is 510 g/mol. The first-order valence-electron chi connectivity index (χ1n) is 15.5. The standard InChI is InChI=1S/C29H53NO2P2/c31-33(25-13-5-1-6-14-25,26-15-7-2-8-16-26)23-24-21-29(22-30-24)34(32,27-17-9-3-10-18-27)28-19-11-4-12-20-28/h24-30H,1-23H2/t24-,29-/m0/s1. The molecule has 1 heterocycles. The fourth-order valence-electron chi connectivity index (χ4n) is 9.08. The van der Waals surface area contributed by atoms with Crippen LogP contribution in [0.25, 0.3) is 0 Å². The Hall–Kier alpha value is 0.420. The van der Waals surface area contributed by atoms with Crippen LogP contribution < -0.4 is 5.32 Å². The van der Waals surface area contributed by atoms with Gasteiger partial charge in [0.1, 0.15) is 0 Å². The second-order valence-corrected chi connectivity index (χ2v) is 20.2. The van der Waals surface area contributed by atoms with Crippen LogP contribution in [-0.2, 0) is 9.13 Å². The van der Waals surface area contributed by atoms with E-state index in [2.05, 4.69) is 5.32 Å². The molecule has 5 aliphatic rings. The lowest BCUT2D eigenvalue weighted by Gasteiger charge is -2.42. The van der Waals surface area contributed by atoms with Crippen molar-refractivity contribution in [2.24, 2.45) is 0 Å². The molecular weight excluding hydrogens is 456 g/mol. The molecule has 196 valence electrons. The van der Waals surface area contributed by atoms with Gasteiger partial charge in [-0.3, -0.25) is 0 Å². The summed E-state index contributed by atoms with van der Waals surface area (Å²) in [5.74, 6) is 0. The molecule has 5 heteroatoms. The maximum atomic E-state index is 15.1. The van der Waals surface area contributed by atoms with E-state index >= 15 is 4.57 Å². The first-order valence-corrected chi connectivity index (χ1v) is 19.5. The molecule has 0 radical (unpaired) electrons. The molecule has 1 aliphatic heterocycles. The Morgan fingerprint density at radius 2 is 0.882 bits per heavy atom. The van der Waals surface area contributed by atoms with Gasteiger partial charge in [0.15, 0.2) is 0 Å². The minimum Gasteiger partial charge on any atom is -0.323 e. The minimum atomic E-state index is -2.24. The minimum absolute atomic E-state index is 0.361. The second-order valence-electron chi connectivity index (χ2n) is 13.0. The molecule has 5 rings (SSSR count). The number of hydrogen-bond acceptors (Lipinski definition) is 3. The topological polar surface area (TPSA) is 46.2 Å². The van der Waals surface area contributed by atoms with Crippen molar-refractivity contribution < 1.29 is 9.13 Å². The zero-order chi connectivity index (χ0) is 23.4. The first-order chi connectivity index (χ1) is 16.6. The first kappa shape index (κ1) is 26.0. The fraction of sp³-hybridized carbons (Fsp3) is 1.00. The highest BCUT2D eigenvalue weighted by Gasteiger charge is 2.50. The third kappa shape index (κ3) is 5.48. The molecule has 1 N–H and O–H groups in total. The van der Waals surface area contributed by atoms with Crippen molar-refractivity contribution >= 4 is 14.3 Å². The summed E-state index contributed by atoms with van der Waals surface area (Å²) in [5, 5.41) is 3.88. The van der Waals surface area contributed by atoms with Crippen LogP contribution >= 0.6 is 14.3 Å². The van der Waals surface area contributed by atoms with Gasteiger partial charge in [-0.1, -0.05) is 77.0 Å². The Kier molecular flexibility index (Phi) is 9.09. The molecular formula is C29H53NO2P2. The molecule has 4 aliphatic carbocycles. The van der Waals surface area contributed by atoms with Gasteiger partial charge in [-0.05, 0) is 57.8 Å². The summed E-state index contributed by atoms with van der Waals surface area (Å²) >= 11 is 0. The molecule has 3 nitrogen and oxygen atoms in total. The zero-order valence-corrected chi connectivity index (χ0v) is 23.7. The van der Waals surface area contributed by atoms with E-state index in [4.69, 9.17) is 0 Å². The monoisotopic (exact) mass is 509 g/mol.